The zero-order valence-corrected chi connectivity index (χ0v) is 14.6. The fourth-order valence-electron chi connectivity index (χ4n) is 2.41. The summed E-state index contributed by atoms with van der Waals surface area (Å²) in [6, 6.07) is 7.61. The molecule has 1 N–H and O–H groups in total. The minimum atomic E-state index is -3.01. The number of aryl methyl sites for hydroxylation is 1. The van der Waals surface area contributed by atoms with Gasteiger partial charge in [0.25, 0.3) is 5.56 Å². The van der Waals surface area contributed by atoms with Crippen LogP contribution in [0.3, 0.4) is 0 Å². The molecule has 136 valence electrons. The molecule has 9 heteroatoms. The van der Waals surface area contributed by atoms with E-state index in [1.807, 2.05) is 6.92 Å². The summed E-state index contributed by atoms with van der Waals surface area (Å²) in [7, 11) is 0. The van der Waals surface area contributed by atoms with Crippen molar-refractivity contribution in [3.63, 3.8) is 0 Å². The first-order chi connectivity index (χ1) is 12.5. The van der Waals surface area contributed by atoms with Gasteiger partial charge in [-0.15, -0.1) is 11.3 Å². The smallest absolute Gasteiger partial charge is 0.387 e. The summed E-state index contributed by atoms with van der Waals surface area (Å²) in [4.78, 5) is 30.6. The van der Waals surface area contributed by atoms with E-state index in [1.165, 1.54) is 40.4 Å². The number of amides is 1. The molecule has 0 fully saturated rings. The average Bonchev–Trinajstić information content (AvgIpc) is 3.03. The molecule has 1 aromatic carbocycles. The zero-order chi connectivity index (χ0) is 18.7. The molecule has 0 aliphatic rings. The van der Waals surface area contributed by atoms with E-state index in [9.17, 15) is 18.4 Å². The van der Waals surface area contributed by atoms with Crippen molar-refractivity contribution in [2.24, 2.45) is 0 Å². The highest BCUT2D eigenvalue weighted by Crippen LogP contribution is 2.25. The number of carbonyl (C=O) groups excluding carboxylic acids is 1. The zero-order valence-electron chi connectivity index (χ0n) is 13.7. The lowest BCUT2D eigenvalue weighted by Crippen LogP contribution is -2.27. The number of aromatic nitrogens is 2. The Bertz CT molecular complexity index is 1000. The molecule has 3 rings (SSSR count). The highest BCUT2D eigenvalue weighted by molar-refractivity contribution is 7.18. The van der Waals surface area contributed by atoms with E-state index >= 15 is 0 Å². The molecule has 0 radical (unpaired) electrons. The van der Waals surface area contributed by atoms with E-state index in [2.05, 4.69) is 15.0 Å². The second-order valence-electron chi connectivity index (χ2n) is 5.39. The van der Waals surface area contributed by atoms with Crippen molar-refractivity contribution < 1.29 is 18.3 Å². The summed E-state index contributed by atoms with van der Waals surface area (Å²) < 4.78 is 30.4. The van der Waals surface area contributed by atoms with Gasteiger partial charge in [-0.3, -0.25) is 14.2 Å². The van der Waals surface area contributed by atoms with Crippen LogP contribution in [-0.4, -0.2) is 22.1 Å². The fraction of sp³-hybridized carbons (Fsp3) is 0.235. The molecule has 0 saturated carbocycles. The van der Waals surface area contributed by atoms with Gasteiger partial charge < -0.3 is 10.1 Å². The summed E-state index contributed by atoms with van der Waals surface area (Å²) in [5.41, 5.74) is -0.220. The SMILES string of the molecule is CCc1cc2c(=O)n(CC(=O)Nc3ccccc3OC(F)F)cnc2s1. The van der Waals surface area contributed by atoms with Crippen molar-refractivity contribution in [3.8, 4) is 5.75 Å². The number of nitrogens with one attached hydrogen (secondary N) is 1. The Morgan fingerprint density at radius 3 is 2.88 bits per heavy atom. The molecule has 3 aromatic rings. The second kappa shape index (κ2) is 7.61. The van der Waals surface area contributed by atoms with Crippen LogP contribution >= 0.6 is 11.3 Å². The minimum absolute atomic E-state index is 0.101. The quantitative estimate of drug-likeness (QED) is 0.714. The summed E-state index contributed by atoms with van der Waals surface area (Å²) in [5, 5.41) is 2.94. The lowest BCUT2D eigenvalue weighted by molar-refractivity contribution is -0.116. The van der Waals surface area contributed by atoms with E-state index < -0.39 is 12.5 Å². The first-order valence-corrected chi connectivity index (χ1v) is 8.61. The van der Waals surface area contributed by atoms with E-state index in [-0.39, 0.29) is 23.5 Å². The lowest BCUT2D eigenvalue weighted by Gasteiger charge is -2.12. The molecule has 0 atom stereocenters. The molecule has 26 heavy (non-hydrogen) atoms. The molecular weight excluding hydrogens is 364 g/mol. The average molecular weight is 379 g/mol. The Kier molecular flexibility index (Phi) is 5.27. The van der Waals surface area contributed by atoms with Gasteiger partial charge in [0.2, 0.25) is 5.91 Å². The number of fused-ring (bicyclic) bond motifs is 1. The summed E-state index contributed by atoms with van der Waals surface area (Å²) in [5.74, 6) is -0.702. The Hall–Kier alpha value is -2.81. The van der Waals surface area contributed by atoms with Crippen molar-refractivity contribution in [3.05, 3.63) is 51.9 Å². The predicted octanol–water partition coefficient (Wildman–Crippen LogP) is 3.26. The third-order valence-electron chi connectivity index (χ3n) is 3.61. The van der Waals surface area contributed by atoms with E-state index in [1.54, 1.807) is 12.1 Å². The molecular formula is C17H15F2N3O3S. The van der Waals surface area contributed by atoms with Crippen molar-refractivity contribution in [2.45, 2.75) is 26.5 Å². The minimum Gasteiger partial charge on any atom is -0.433 e. The molecule has 0 aliphatic heterocycles. The number of hydrogen-bond donors (Lipinski definition) is 1. The normalized spacial score (nSPS) is 11.1. The van der Waals surface area contributed by atoms with Crippen LogP contribution in [0.2, 0.25) is 0 Å². The summed E-state index contributed by atoms with van der Waals surface area (Å²) in [6.45, 7) is -1.31. The van der Waals surface area contributed by atoms with Gasteiger partial charge in [-0.2, -0.15) is 8.78 Å². The molecule has 1 amide bonds. The third-order valence-corrected chi connectivity index (χ3v) is 4.80. The predicted molar refractivity (Wildman–Crippen MR) is 95.0 cm³/mol. The number of alkyl halides is 2. The third kappa shape index (κ3) is 3.88. The maximum atomic E-state index is 12.5. The number of rotatable bonds is 6. The maximum Gasteiger partial charge on any atom is 0.387 e. The number of thiophene rings is 1. The fourth-order valence-corrected chi connectivity index (χ4v) is 3.34. The van der Waals surface area contributed by atoms with Gasteiger partial charge in [-0.1, -0.05) is 19.1 Å². The number of anilines is 1. The van der Waals surface area contributed by atoms with Gasteiger partial charge in [0.15, 0.2) is 0 Å². The Morgan fingerprint density at radius 2 is 2.15 bits per heavy atom. The number of nitrogens with zero attached hydrogens (tertiary/aromatic N) is 2. The van der Waals surface area contributed by atoms with Gasteiger partial charge >= 0.3 is 6.61 Å². The van der Waals surface area contributed by atoms with Crippen LogP contribution in [0.15, 0.2) is 41.5 Å². The molecule has 2 heterocycles. The highest BCUT2D eigenvalue weighted by Gasteiger charge is 2.14. The Morgan fingerprint density at radius 1 is 1.38 bits per heavy atom. The van der Waals surface area contributed by atoms with Gasteiger partial charge in [0.05, 0.1) is 17.4 Å². The lowest BCUT2D eigenvalue weighted by atomic mass is 10.3. The molecule has 0 spiro atoms. The standard InChI is InChI=1S/C17H15F2N3O3S/c1-2-10-7-11-15(26-10)20-9-22(16(11)24)8-14(23)21-12-5-3-4-6-13(12)25-17(18)19/h3-7,9,17H,2,8H2,1H3,(H,21,23). The first-order valence-electron chi connectivity index (χ1n) is 7.79. The van der Waals surface area contributed by atoms with Crippen molar-refractivity contribution in [2.75, 3.05) is 5.32 Å². The largest absolute Gasteiger partial charge is 0.433 e. The van der Waals surface area contributed by atoms with Crippen LogP contribution in [-0.2, 0) is 17.8 Å². The van der Waals surface area contributed by atoms with Crippen LogP contribution in [0.25, 0.3) is 10.2 Å². The first kappa shape index (κ1) is 18.0. The van der Waals surface area contributed by atoms with E-state index in [0.717, 1.165) is 11.3 Å². The maximum absolute atomic E-state index is 12.5. The molecule has 2 aromatic heterocycles. The molecule has 6 nitrogen and oxygen atoms in total. The number of ether oxygens (including phenoxy) is 1. The van der Waals surface area contributed by atoms with Crippen LogP contribution in [0.4, 0.5) is 14.5 Å². The molecule has 0 bridgehead atoms. The number of para-hydroxylation sites is 2. The van der Waals surface area contributed by atoms with Gasteiger partial charge in [0.1, 0.15) is 17.1 Å². The van der Waals surface area contributed by atoms with Gasteiger partial charge in [-0.25, -0.2) is 4.98 Å². The molecule has 0 aliphatic carbocycles. The molecule has 0 unspecified atom stereocenters. The summed E-state index contributed by atoms with van der Waals surface area (Å²) >= 11 is 1.44. The van der Waals surface area contributed by atoms with Crippen LogP contribution in [0, 0.1) is 0 Å². The van der Waals surface area contributed by atoms with Crippen molar-refractivity contribution in [1.82, 2.24) is 9.55 Å². The number of hydrogen-bond acceptors (Lipinski definition) is 5. The molecule has 0 saturated heterocycles. The van der Waals surface area contributed by atoms with E-state index in [4.69, 9.17) is 0 Å². The van der Waals surface area contributed by atoms with E-state index in [0.29, 0.717) is 10.2 Å². The monoisotopic (exact) mass is 379 g/mol. The second-order valence-corrected chi connectivity index (χ2v) is 6.50. The van der Waals surface area contributed by atoms with Gasteiger partial charge in [-0.05, 0) is 24.6 Å². The van der Waals surface area contributed by atoms with Crippen LogP contribution in [0.5, 0.6) is 5.75 Å². The Balaban J connectivity index is 1.80. The van der Waals surface area contributed by atoms with Crippen molar-refractivity contribution in [1.29, 1.82) is 0 Å². The summed E-state index contributed by atoms with van der Waals surface area (Å²) in [6.07, 6.45) is 2.10. The Labute approximate surface area is 151 Å². The number of halogens is 2. The number of carbonyl (C=O) groups is 1. The van der Waals surface area contributed by atoms with Crippen LogP contribution < -0.4 is 15.6 Å². The number of benzene rings is 1. The van der Waals surface area contributed by atoms with Gasteiger partial charge in [0, 0.05) is 4.88 Å². The van der Waals surface area contributed by atoms with Crippen LogP contribution in [0.1, 0.15) is 11.8 Å². The highest BCUT2D eigenvalue weighted by atomic mass is 32.1. The van der Waals surface area contributed by atoms with Crippen molar-refractivity contribution >= 4 is 33.1 Å². The topological polar surface area (TPSA) is 73.2 Å².